The van der Waals surface area contributed by atoms with Crippen molar-refractivity contribution in [1.82, 2.24) is 4.98 Å². The minimum absolute atomic E-state index is 0.564. The largest absolute Gasteiger partial charge is 0.491 e. The molecule has 19 heavy (non-hydrogen) atoms. The van der Waals surface area contributed by atoms with Gasteiger partial charge in [0.1, 0.15) is 18.2 Å². The number of rotatable bonds is 6. The van der Waals surface area contributed by atoms with Crippen LogP contribution in [0.2, 0.25) is 0 Å². The molecular formula is C15H18N2O2. The Morgan fingerprint density at radius 2 is 1.74 bits per heavy atom. The van der Waals surface area contributed by atoms with E-state index in [1.807, 2.05) is 49.6 Å². The number of pyridine rings is 1. The quantitative estimate of drug-likeness (QED) is 0.809. The maximum absolute atomic E-state index is 5.52. The Balaban J connectivity index is 2.04. The molecule has 0 unspecified atom stereocenters. The van der Waals surface area contributed by atoms with Gasteiger partial charge in [0, 0.05) is 25.9 Å². The first-order chi connectivity index (χ1) is 9.33. The summed E-state index contributed by atoms with van der Waals surface area (Å²) in [5.41, 5.74) is 2.21. The normalized spacial score (nSPS) is 10.2. The molecule has 0 aliphatic heterocycles. The van der Waals surface area contributed by atoms with Crippen LogP contribution in [-0.2, 0) is 4.74 Å². The number of hydrogen-bond acceptors (Lipinski definition) is 4. The Hall–Kier alpha value is -2.07. The zero-order valence-electron chi connectivity index (χ0n) is 11.2. The van der Waals surface area contributed by atoms with E-state index in [0.717, 1.165) is 22.7 Å². The van der Waals surface area contributed by atoms with Crippen LogP contribution >= 0.6 is 0 Å². The van der Waals surface area contributed by atoms with Crippen LogP contribution in [0.1, 0.15) is 0 Å². The van der Waals surface area contributed by atoms with Gasteiger partial charge in [-0.25, -0.2) is 4.98 Å². The van der Waals surface area contributed by atoms with Crippen molar-refractivity contribution in [2.75, 3.05) is 32.7 Å². The molecule has 0 radical (unpaired) electrons. The van der Waals surface area contributed by atoms with Gasteiger partial charge in [0.25, 0.3) is 0 Å². The smallest absolute Gasteiger partial charge is 0.125 e. The summed E-state index contributed by atoms with van der Waals surface area (Å²) in [6.07, 6.45) is 1.85. The Morgan fingerprint density at radius 3 is 2.32 bits per heavy atom. The molecule has 1 N–H and O–H groups in total. The molecule has 0 fully saturated rings. The summed E-state index contributed by atoms with van der Waals surface area (Å²) in [4.78, 5) is 4.30. The third kappa shape index (κ3) is 3.69. The SMILES string of the molecule is CNc1ccc(-c2ccc(OCCOC)cc2)cn1. The molecule has 0 aliphatic rings. The summed E-state index contributed by atoms with van der Waals surface area (Å²) >= 11 is 0. The van der Waals surface area contributed by atoms with Crippen molar-refractivity contribution in [3.05, 3.63) is 42.6 Å². The van der Waals surface area contributed by atoms with Crippen molar-refractivity contribution in [3.8, 4) is 16.9 Å². The van der Waals surface area contributed by atoms with E-state index in [1.165, 1.54) is 0 Å². The molecule has 100 valence electrons. The van der Waals surface area contributed by atoms with Gasteiger partial charge in [-0.1, -0.05) is 12.1 Å². The van der Waals surface area contributed by atoms with Gasteiger partial charge in [0.2, 0.25) is 0 Å². The van der Waals surface area contributed by atoms with E-state index in [-0.39, 0.29) is 0 Å². The topological polar surface area (TPSA) is 43.4 Å². The van der Waals surface area contributed by atoms with Gasteiger partial charge >= 0.3 is 0 Å². The molecule has 0 saturated carbocycles. The molecule has 2 aromatic rings. The number of methoxy groups -OCH3 is 1. The van der Waals surface area contributed by atoms with Crippen LogP contribution < -0.4 is 10.1 Å². The molecule has 0 amide bonds. The van der Waals surface area contributed by atoms with Gasteiger partial charge in [-0.15, -0.1) is 0 Å². The van der Waals surface area contributed by atoms with Crippen LogP contribution in [0.3, 0.4) is 0 Å². The van der Waals surface area contributed by atoms with Gasteiger partial charge in [-0.2, -0.15) is 0 Å². The maximum atomic E-state index is 5.52. The zero-order valence-corrected chi connectivity index (χ0v) is 11.2. The molecule has 0 atom stereocenters. The van der Waals surface area contributed by atoms with Crippen LogP contribution in [0.15, 0.2) is 42.6 Å². The second-order valence-corrected chi connectivity index (χ2v) is 4.05. The van der Waals surface area contributed by atoms with Gasteiger partial charge in [0.05, 0.1) is 6.61 Å². The average Bonchev–Trinajstić information content (AvgIpc) is 2.48. The van der Waals surface area contributed by atoms with Crippen LogP contribution in [0.25, 0.3) is 11.1 Å². The lowest BCUT2D eigenvalue weighted by Gasteiger charge is -2.07. The standard InChI is InChI=1S/C15H18N2O2/c1-16-15-8-5-13(11-17-15)12-3-6-14(7-4-12)19-10-9-18-2/h3-8,11H,9-10H2,1-2H3,(H,16,17). The molecule has 0 bridgehead atoms. The lowest BCUT2D eigenvalue weighted by atomic mass is 10.1. The molecule has 1 aromatic heterocycles. The molecule has 4 nitrogen and oxygen atoms in total. The molecule has 4 heteroatoms. The van der Waals surface area contributed by atoms with Crippen molar-refractivity contribution >= 4 is 5.82 Å². The maximum Gasteiger partial charge on any atom is 0.125 e. The fourth-order valence-electron chi connectivity index (χ4n) is 1.70. The highest BCUT2D eigenvalue weighted by molar-refractivity contribution is 5.64. The molecule has 0 spiro atoms. The summed E-state index contributed by atoms with van der Waals surface area (Å²) in [7, 11) is 3.52. The van der Waals surface area contributed by atoms with Crippen molar-refractivity contribution in [2.24, 2.45) is 0 Å². The summed E-state index contributed by atoms with van der Waals surface area (Å²) in [5.74, 6) is 1.71. The second kappa shape index (κ2) is 6.75. The van der Waals surface area contributed by atoms with Crippen molar-refractivity contribution in [3.63, 3.8) is 0 Å². The number of hydrogen-bond donors (Lipinski definition) is 1. The molecule has 2 rings (SSSR count). The van der Waals surface area contributed by atoms with Crippen LogP contribution in [0.5, 0.6) is 5.75 Å². The Kier molecular flexibility index (Phi) is 4.75. The first-order valence-electron chi connectivity index (χ1n) is 6.19. The summed E-state index contributed by atoms with van der Waals surface area (Å²) in [6, 6.07) is 12.0. The van der Waals surface area contributed by atoms with Crippen LogP contribution in [0.4, 0.5) is 5.82 Å². The van der Waals surface area contributed by atoms with E-state index in [9.17, 15) is 0 Å². The van der Waals surface area contributed by atoms with Gasteiger partial charge in [-0.05, 0) is 29.8 Å². The Labute approximate surface area is 113 Å². The van der Waals surface area contributed by atoms with E-state index in [4.69, 9.17) is 9.47 Å². The number of nitrogens with zero attached hydrogens (tertiary/aromatic N) is 1. The van der Waals surface area contributed by atoms with E-state index in [2.05, 4.69) is 10.3 Å². The lowest BCUT2D eigenvalue weighted by Crippen LogP contribution is -2.03. The number of nitrogens with one attached hydrogen (secondary N) is 1. The first kappa shape index (κ1) is 13.4. The Bertz CT molecular complexity index is 495. The minimum atomic E-state index is 0.564. The van der Waals surface area contributed by atoms with Crippen LogP contribution in [0, 0.1) is 0 Å². The molecule has 1 aromatic carbocycles. The zero-order chi connectivity index (χ0) is 13.5. The number of ether oxygens (including phenoxy) is 2. The molecule has 0 aliphatic carbocycles. The molecule has 1 heterocycles. The van der Waals surface area contributed by atoms with Gasteiger partial charge in [-0.3, -0.25) is 0 Å². The van der Waals surface area contributed by atoms with Crippen molar-refractivity contribution in [1.29, 1.82) is 0 Å². The predicted octanol–water partition coefficient (Wildman–Crippen LogP) is 2.82. The van der Waals surface area contributed by atoms with Gasteiger partial charge < -0.3 is 14.8 Å². The monoisotopic (exact) mass is 258 g/mol. The van der Waals surface area contributed by atoms with E-state index in [1.54, 1.807) is 7.11 Å². The highest BCUT2D eigenvalue weighted by Crippen LogP contribution is 2.22. The lowest BCUT2D eigenvalue weighted by molar-refractivity contribution is 0.146. The van der Waals surface area contributed by atoms with Crippen molar-refractivity contribution in [2.45, 2.75) is 0 Å². The van der Waals surface area contributed by atoms with E-state index in [0.29, 0.717) is 13.2 Å². The highest BCUT2D eigenvalue weighted by Gasteiger charge is 2.00. The fourth-order valence-corrected chi connectivity index (χ4v) is 1.70. The summed E-state index contributed by atoms with van der Waals surface area (Å²) < 4.78 is 10.5. The summed E-state index contributed by atoms with van der Waals surface area (Å²) in [5, 5.41) is 3.00. The van der Waals surface area contributed by atoms with Crippen LogP contribution in [-0.4, -0.2) is 32.4 Å². The fraction of sp³-hybridized carbons (Fsp3) is 0.267. The molecular weight excluding hydrogens is 240 g/mol. The predicted molar refractivity (Wildman–Crippen MR) is 76.6 cm³/mol. The summed E-state index contributed by atoms with van der Waals surface area (Å²) in [6.45, 7) is 1.16. The minimum Gasteiger partial charge on any atom is -0.491 e. The average molecular weight is 258 g/mol. The second-order valence-electron chi connectivity index (χ2n) is 4.05. The van der Waals surface area contributed by atoms with Gasteiger partial charge in [0.15, 0.2) is 0 Å². The number of anilines is 1. The Morgan fingerprint density at radius 1 is 1.00 bits per heavy atom. The highest BCUT2D eigenvalue weighted by atomic mass is 16.5. The number of aromatic nitrogens is 1. The van der Waals surface area contributed by atoms with E-state index >= 15 is 0 Å². The third-order valence-electron chi connectivity index (χ3n) is 2.76. The van der Waals surface area contributed by atoms with Crippen molar-refractivity contribution < 1.29 is 9.47 Å². The third-order valence-corrected chi connectivity index (χ3v) is 2.76. The molecule has 0 saturated heterocycles. The van der Waals surface area contributed by atoms with E-state index < -0.39 is 0 Å². The number of benzene rings is 1. The first-order valence-corrected chi connectivity index (χ1v) is 6.19.